The van der Waals surface area contributed by atoms with Crippen LogP contribution in [0.1, 0.15) is 0 Å². The minimum atomic E-state index is -2.39. The topological polar surface area (TPSA) is 55.7 Å². The first-order valence-corrected chi connectivity index (χ1v) is 4.21. The zero-order valence-corrected chi connectivity index (χ0v) is 7.21. The maximum absolute atomic E-state index is 10.1. The summed E-state index contributed by atoms with van der Waals surface area (Å²) in [5.74, 6) is 0.672. The van der Waals surface area contributed by atoms with Crippen molar-refractivity contribution in [3.63, 3.8) is 0 Å². The van der Waals surface area contributed by atoms with Gasteiger partial charge in [-0.1, -0.05) is 0 Å². The minimum absolute atomic E-state index is 0.393. The summed E-state index contributed by atoms with van der Waals surface area (Å²) in [5.41, 5.74) is 0.393. The summed E-state index contributed by atoms with van der Waals surface area (Å²) in [7, 11) is -0.851. The van der Waals surface area contributed by atoms with E-state index in [4.69, 9.17) is 4.74 Å². The number of hydrogen-bond donors (Lipinski definition) is 0. The fourth-order valence-electron chi connectivity index (χ4n) is 0.729. The van der Waals surface area contributed by atoms with Crippen molar-refractivity contribution in [2.24, 2.45) is 4.36 Å². The number of methoxy groups -OCH3 is 1. The molecule has 12 heavy (non-hydrogen) atoms. The molecule has 0 saturated heterocycles. The van der Waals surface area contributed by atoms with Crippen LogP contribution in [0.2, 0.25) is 0 Å². The van der Waals surface area contributed by atoms with E-state index < -0.39 is 10.5 Å². The molecule has 0 aromatic heterocycles. The van der Waals surface area contributed by atoms with E-state index in [9.17, 15) is 8.42 Å². The molecule has 1 aromatic rings. The molecule has 0 N–H and O–H groups in total. The molecule has 0 amide bonds. The molecule has 0 heterocycles. The van der Waals surface area contributed by atoms with E-state index in [1.807, 2.05) is 0 Å². The molecule has 0 atom stereocenters. The van der Waals surface area contributed by atoms with Crippen LogP contribution in [0.4, 0.5) is 5.69 Å². The van der Waals surface area contributed by atoms with E-state index in [1.54, 1.807) is 24.3 Å². The van der Waals surface area contributed by atoms with Crippen molar-refractivity contribution in [3.05, 3.63) is 24.3 Å². The summed E-state index contributed by atoms with van der Waals surface area (Å²) >= 11 is 0. The largest absolute Gasteiger partial charge is 0.497 e. The van der Waals surface area contributed by atoms with Gasteiger partial charge in [0.15, 0.2) is 0 Å². The molecule has 1 aromatic carbocycles. The van der Waals surface area contributed by atoms with Gasteiger partial charge in [-0.25, -0.2) is 0 Å². The third kappa shape index (κ3) is 2.35. The van der Waals surface area contributed by atoms with Crippen molar-refractivity contribution in [3.8, 4) is 5.75 Å². The first-order chi connectivity index (χ1) is 5.72. The fourth-order valence-corrected chi connectivity index (χ4v) is 1.02. The van der Waals surface area contributed by atoms with Gasteiger partial charge < -0.3 is 4.74 Å². The van der Waals surface area contributed by atoms with Gasteiger partial charge in [-0.2, -0.15) is 8.42 Å². The zero-order chi connectivity index (χ0) is 8.97. The van der Waals surface area contributed by atoms with Crippen LogP contribution in [0.15, 0.2) is 28.6 Å². The molecule has 0 bridgehead atoms. The Hall–Kier alpha value is -1.36. The first-order valence-electron chi connectivity index (χ1n) is 3.17. The van der Waals surface area contributed by atoms with Gasteiger partial charge in [-0.05, 0) is 24.3 Å². The zero-order valence-electron chi connectivity index (χ0n) is 6.39. The average molecular weight is 185 g/mol. The minimum Gasteiger partial charge on any atom is -0.497 e. The molecule has 0 aliphatic carbocycles. The second-order valence-electron chi connectivity index (χ2n) is 2.01. The summed E-state index contributed by atoms with van der Waals surface area (Å²) in [6, 6.07) is 6.42. The molecule has 1 rings (SSSR count). The summed E-state index contributed by atoms with van der Waals surface area (Å²) in [6.45, 7) is 0. The lowest BCUT2D eigenvalue weighted by atomic mass is 10.3. The number of hydrogen-bond acceptors (Lipinski definition) is 4. The van der Waals surface area contributed by atoms with E-state index >= 15 is 0 Å². The van der Waals surface area contributed by atoms with Crippen molar-refractivity contribution in [1.29, 1.82) is 0 Å². The quantitative estimate of drug-likeness (QED) is 0.699. The highest BCUT2D eigenvalue weighted by Gasteiger charge is 1.90. The van der Waals surface area contributed by atoms with E-state index in [2.05, 4.69) is 4.36 Å². The lowest BCUT2D eigenvalue weighted by Crippen LogP contribution is -1.79. The van der Waals surface area contributed by atoms with Gasteiger partial charge in [0.05, 0.1) is 12.8 Å². The Balaban J connectivity index is 3.00. The molecule has 5 heteroatoms. The van der Waals surface area contributed by atoms with Gasteiger partial charge >= 0.3 is 10.5 Å². The van der Waals surface area contributed by atoms with Crippen molar-refractivity contribution in [2.45, 2.75) is 0 Å². The molecular weight excluding hydrogens is 178 g/mol. The Labute approximate surface area is 71.5 Å². The van der Waals surface area contributed by atoms with Crippen LogP contribution >= 0.6 is 0 Å². The van der Waals surface area contributed by atoms with Crippen molar-refractivity contribution in [1.82, 2.24) is 0 Å². The van der Waals surface area contributed by atoms with Crippen LogP contribution in [0, 0.1) is 0 Å². The average Bonchev–Trinajstić information content (AvgIpc) is 2.05. The van der Waals surface area contributed by atoms with Crippen LogP contribution in [0.5, 0.6) is 5.75 Å². The van der Waals surface area contributed by atoms with E-state index in [1.165, 1.54) is 7.11 Å². The predicted octanol–water partition coefficient (Wildman–Crippen LogP) is 1.39. The summed E-state index contributed by atoms with van der Waals surface area (Å²) < 4.78 is 28.4. The van der Waals surface area contributed by atoms with Crippen molar-refractivity contribution >= 4 is 16.2 Å². The normalized spacial score (nSPS) is 9.08. The summed E-state index contributed by atoms with van der Waals surface area (Å²) in [5, 5.41) is 0. The summed E-state index contributed by atoms with van der Waals surface area (Å²) in [6.07, 6.45) is 0. The van der Waals surface area contributed by atoms with Crippen LogP contribution in [0.3, 0.4) is 0 Å². The Bertz CT molecular complexity index is 372. The lowest BCUT2D eigenvalue weighted by molar-refractivity contribution is 0.415. The maximum atomic E-state index is 10.1. The van der Waals surface area contributed by atoms with Gasteiger partial charge in [-0.15, -0.1) is 4.36 Å². The fraction of sp³-hybridized carbons (Fsp3) is 0.143. The third-order valence-corrected chi connectivity index (χ3v) is 1.61. The number of benzene rings is 1. The smallest absolute Gasteiger partial charge is 0.316 e. The van der Waals surface area contributed by atoms with Gasteiger partial charge in [0, 0.05) is 0 Å². The maximum Gasteiger partial charge on any atom is 0.316 e. The van der Waals surface area contributed by atoms with Crippen LogP contribution < -0.4 is 4.74 Å². The second kappa shape index (κ2) is 3.87. The van der Waals surface area contributed by atoms with E-state index in [-0.39, 0.29) is 0 Å². The Morgan fingerprint density at radius 2 is 1.83 bits per heavy atom. The highest BCUT2D eigenvalue weighted by atomic mass is 32.2. The molecule has 0 saturated carbocycles. The monoisotopic (exact) mass is 185 g/mol. The lowest BCUT2D eigenvalue weighted by Gasteiger charge is -1.96. The third-order valence-electron chi connectivity index (χ3n) is 1.25. The van der Waals surface area contributed by atoms with Gasteiger partial charge in [-0.3, -0.25) is 0 Å². The molecule has 4 nitrogen and oxygen atoms in total. The molecule has 0 unspecified atom stereocenters. The molecule has 0 radical (unpaired) electrons. The molecular formula is C7H7NO3S. The highest BCUT2D eigenvalue weighted by molar-refractivity contribution is 7.61. The van der Waals surface area contributed by atoms with Gasteiger partial charge in [0.1, 0.15) is 5.75 Å². The SMILES string of the molecule is COc1ccc(N=S(=O)=O)cc1. The highest BCUT2D eigenvalue weighted by Crippen LogP contribution is 2.16. The van der Waals surface area contributed by atoms with E-state index in [0.717, 1.165) is 0 Å². The van der Waals surface area contributed by atoms with E-state index in [0.29, 0.717) is 11.4 Å². The molecule has 0 fully saturated rings. The van der Waals surface area contributed by atoms with Crippen LogP contribution in [-0.4, -0.2) is 15.5 Å². The van der Waals surface area contributed by atoms with Crippen molar-refractivity contribution in [2.75, 3.05) is 7.11 Å². The van der Waals surface area contributed by atoms with Crippen LogP contribution in [-0.2, 0) is 10.5 Å². The Kier molecular flexibility index (Phi) is 2.82. The predicted molar refractivity (Wildman–Crippen MR) is 44.0 cm³/mol. The first kappa shape index (κ1) is 8.73. The summed E-state index contributed by atoms with van der Waals surface area (Å²) in [4.78, 5) is 0. The van der Waals surface area contributed by atoms with Gasteiger partial charge in [0.2, 0.25) is 0 Å². The molecule has 64 valence electrons. The Morgan fingerprint density at radius 1 is 1.25 bits per heavy atom. The number of ether oxygens (including phenoxy) is 1. The number of nitrogens with zero attached hydrogens (tertiary/aromatic N) is 1. The Morgan fingerprint density at radius 3 is 2.25 bits per heavy atom. The second-order valence-corrected chi connectivity index (χ2v) is 2.62. The number of rotatable bonds is 2. The molecule has 0 spiro atoms. The molecule has 0 aliphatic heterocycles. The van der Waals surface area contributed by atoms with Crippen molar-refractivity contribution < 1.29 is 13.2 Å². The standard InChI is InChI=1S/C7H7NO3S/c1-11-7-4-2-6(3-5-7)8-12(9)10/h2-5H,1H3. The molecule has 0 aliphatic rings. The van der Waals surface area contributed by atoms with Crippen LogP contribution in [0.25, 0.3) is 0 Å². The van der Waals surface area contributed by atoms with Gasteiger partial charge in [0.25, 0.3) is 0 Å².